The fraction of sp³-hybridized carbons (Fsp3) is 0.625. The van der Waals surface area contributed by atoms with E-state index in [0.29, 0.717) is 12.0 Å². The molecule has 0 fully saturated rings. The summed E-state index contributed by atoms with van der Waals surface area (Å²) in [5.41, 5.74) is 2.32. The summed E-state index contributed by atoms with van der Waals surface area (Å²) in [5, 5.41) is 12.4. The van der Waals surface area contributed by atoms with Crippen LogP contribution in [0.15, 0.2) is 24.5 Å². The lowest BCUT2D eigenvalue weighted by molar-refractivity contribution is 0.450. The van der Waals surface area contributed by atoms with Crippen molar-refractivity contribution in [2.24, 2.45) is 5.92 Å². The topological polar surface area (TPSA) is 47.7 Å². The molecule has 5 heteroatoms. The number of nitrogens with one attached hydrogen (secondary N) is 1. The lowest BCUT2D eigenvalue weighted by atomic mass is 10.2. The van der Waals surface area contributed by atoms with Crippen LogP contribution in [0.25, 0.3) is 0 Å². The number of aromatic nitrogens is 4. The molecule has 0 spiro atoms. The fourth-order valence-corrected chi connectivity index (χ4v) is 2.34. The predicted octanol–water partition coefficient (Wildman–Crippen LogP) is 3.00. The van der Waals surface area contributed by atoms with Gasteiger partial charge in [-0.3, -0.25) is 9.36 Å². The average molecular weight is 289 g/mol. The Morgan fingerprint density at radius 3 is 2.71 bits per heavy atom. The lowest BCUT2D eigenvalue weighted by Crippen LogP contribution is -2.18. The summed E-state index contributed by atoms with van der Waals surface area (Å²) >= 11 is 0. The first-order chi connectivity index (χ1) is 10.1. The van der Waals surface area contributed by atoms with Gasteiger partial charge in [0.2, 0.25) is 0 Å². The third-order valence-corrected chi connectivity index (χ3v) is 3.62. The van der Waals surface area contributed by atoms with Gasteiger partial charge in [0, 0.05) is 38.1 Å². The normalized spacial score (nSPS) is 13.0. The number of hydrogen-bond acceptors (Lipinski definition) is 3. The van der Waals surface area contributed by atoms with Crippen molar-refractivity contribution in [1.29, 1.82) is 0 Å². The van der Waals surface area contributed by atoms with Gasteiger partial charge in [-0.05, 0) is 31.4 Å². The molecule has 116 valence electrons. The van der Waals surface area contributed by atoms with Gasteiger partial charge in [0.1, 0.15) is 0 Å². The summed E-state index contributed by atoms with van der Waals surface area (Å²) < 4.78 is 4.12. The summed E-state index contributed by atoms with van der Waals surface area (Å²) in [6.07, 6.45) is 5.02. The molecule has 0 amide bonds. The summed E-state index contributed by atoms with van der Waals surface area (Å²) in [5.74, 6) is 0.621. The van der Waals surface area contributed by atoms with Crippen molar-refractivity contribution in [3.8, 4) is 0 Å². The second-order valence-electron chi connectivity index (χ2n) is 6.05. The molecule has 0 aliphatic heterocycles. The van der Waals surface area contributed by atoms with Crippen LogP contribution in [-0.4, -0.2) is 19.6 Å². The fourth-order valence-electron chi connectivity index (χ4n) is 2.34. The maximum atomic E-state index is 4.57. The van der Waals surface area contributed by atoms with Crippen molar-refractivity contribution in [3.05, 3.63) is 35.9 Å². The zero-order valence-electron chi connectivity index (χ0n) is 13.6. The first-order valence-corrected chi connectivity index (χ1v) is 7.85. The zero-order valence-corrected chi connectivity index (χ0v) is 13.6. The molecule has 2 aromatic rings. The summed E-state index contributed by atoms with van der Waals surface area (Å²) in [7, 11) is 0. The molecule has 21 heavy (non-hydrogen) atoms. The Hall–Kier alpha value is -1.62. The smallest absolute Gasteiger partial charge is 0.0762 e. The zero-order chi connectivity index (χ0) is 15.2. The largest absolute Gasteiger partial charge is 0.305 e. The van der Waals surface area contributed by atoms with E-state index in [9.17, 15) is 0 Å². The molecule has 0 aliphatic carbocycles. The molecule has 0 radical (unpaired) electrons. The van der Waals surface area contributed by atoms with Gasteiger partial charge in [0.05, 0.1) is 11.4 Å². The van der Waals surface area contributed by atoms with E-state index in [1.165, 1.54) is 5.69 Å². The van der Waals surface area contributed by atoms with Crippen molar-refractivity contribution in [2.75, 3.05) is 0 Å². The van der Waals surface area contributed by atoms with Crippen LogP contribution in [0.2, 0.25) is 0 Å². The van der Waals surface area contributed by atoms with E-state index in [1.54, 1.807) is 0 Å². The third-order valence-electron chi connectivity index (χ3n) is 3.62. The van der Waals surface area contributed by atoms with Gasteiger partial charge in [0.15, 0.2) is 0 Å². The van der Waals surface area contributed by atoms with Crippen LogP contribution in [0.5, 0.6) is 0 Å². The third kappa shape index (κ3) is 4.43. The van der Waals surface area contributed by atoms with Gasteiger partial charge in [-0.2, -0.15) is 10.2 Å². The van der Waals surface area contributed by atoms with Gasteiger partial charge in [0.25, 0.3) is 0 Å². The average Bonchev–Trinajstić information content (AvgIpc) is 3.07. The van der Waals surface area contributed by atoms with Crippen LogP contribution in [0.1, 0.15) is 51.5 Å². The Balaban J connectivity index is 1.84. The van der Waals surface area contributed by atoms with E-state index in [2.05, 4.69) is 66.2 Å². The number of nitrogens with zero attached hydrogens (tertiary/aromatic N) is 4. The molecule has 0 aromatic carbocycles. The number of rotatable bonds is 8. The summed E-state index contributed by atoms with van der Waals surface area (Å²) in [6, 6.07) is 4.61. The highest BCUT2D eigenvalue weighted by Crippen LogP contribution is 2.12. The van der Waals surface area contributed by atoms with E-state index >= 15 is 0 Å². The molecule has 5 nitrogen and oxygen atoms in total. The van der Waals surface area contributed by atoms with Crippen LogP contribution < -0.4 is 5.32 Å². The van der Waals surface area contributed by atoms with E-state index in [-0.39, 0.29) is 0 Å². The Bertz CT molecular complexity index is 540. The van der Waals surface area contributed by atoms with Crippen molar-refractivity contribution in [2.45, 2.75) is 59.8 Å². The molecule has 0 aliphatic rings. The van der Waals surface area contributed by atoms with Crippen molar-refractivity contribution in [3.63, 3.8) is 0 Å². The van der Waals surface area contributed by atoms with Gasteiger partial charge in [-0.1, -0.05) is 20.8 Å². The molecule has 2 heterocycles. The Morgan fingerprint density at radius 1 is 1.19 bits per heavy atom. The van der Waals surface area contributed by atoms with Crippen LogP contribution in [-0.2, 0) is 19.6 Å². The minimum absolute atomic E-state index is 0.446. The van der Waals surface area contributed by atoms with E-state index in [1.807, 2.05) is 10.9 Å². The molecule has 2 aromatic heterocycles. The first-order valence-electron chi connectivity index (χ1n) is 7.85. The van der Waals surface area contributed by atoms with E-state index in [0.717, 1.165) is 31.7 Å². The highest BCUT2D eigenvalue weighted by Gasteiger charge is 2.08. The van der Waals surface area contributed by atoms with Crippen molar-refractivity contribution in [1.82, 2.24) is 24.9 Å². The SMILES string of the molecule is CCC(C)n1nccc1CNCc1ccn(CC(C)C)n1. The van der Waals surface area contributed by atoms with Crippen molar-refractivity contribution < 1.29 is 0 Å². The second kappa shape index (κ2) is 7.41. The minimum atomic E-state index is 0.446. The quantitative estimate of drug-likeness (QED) is 0.812. The standard InChI is InChI=1S/C16H27N5/c1-5-14(4)21-16(6-8-18-21)11-17-10-15-7-9-20(19-15)12-13(2)3/h6-9,13-14,17H,5,10-12H2,1-4H3. The van der Waals surface area contributed by atoms with Gasteiger partial charge >= 0.3 is 0 Å². The Kier molecular flexibility index (Phi) is 5.56. The molecular weight excluding hydrogens is 262 g/mol. The highest BCUT2D eigenvalue weighted by atomic mass is 15.3. The van der Waals surface area contributed by atoms with Crippen molar-refractivity contribution >= 4 is 0 Å². The molecule has 1 atom stereocenters. The molecule has 0 saturated carbocycles. The van der Waals surface area contributed by atoms with Crippen LogP contribution in [0.4, 0.5) is 0 Å². The van der Waals surface area contributed by atoms with Crippen LogP contribution in [0, 0.1) is 5.92 Å². The Morgan fingerprint density at radius 2 is 2.00 bits per heavy atom. The minimum Gasteiger partial charge on any atom is -0.305 e. The molecule has 1 unspecified atom stereocenters. The van der Waals surface area contributed by atoms with Gasteiger partial charge < -0.3 is 5.32 Å². The van der Waals surface area contributed by atoms with Gasteiger partial charge in [-0.15, -0.1) is 0 Å². The van der Waals surface area contributed by atoms with E-state index in [4.69, 9.17) is 0 Å². The molecule has 2 rings (SSSR count). The number of hydrogen-bond donors (Lipinski definition) is 1. The monoisotopic (exact) mass is 289 g/mol. The molecule has 0 saturated heterocycles. The summed E-state index contributed by atoms with van der Waals surface area (Å²) in [4.78, 5) is 0. The second-order valence-corrected chi connectivity index (χ2v) is 6.05. The summed E-state index contributed by atoms with van der Waals surface area (Å²) in [6.45, 7) is 11.4. The van der Waals surface area contributed by atoms with Crippen LogP contribution in [0.3, 0.4) is 0 Å². The van der Waals surface area contributed by atoms with E-state index < -0.39 is 0 Å². The maximum absolute atomic E-state index is 4.57. The molecular formula is C16H27N5. The molecule has 0 bridgehead atoms. The molecule has 1 N–H and O–H groups in total. The van der Waals surface area contributed by atoms with Gasteiger partial charge in [-0.25, -0.2) is 0 Å². The first kappa shape index (κ1) is 15.8. The Labute approximate surface area is 127 Å². The lowest BCUT2D eigenvalue weighted by Gasteiger charge is -2.13. The maximum Gasteiger partial charge on any atom is 0.0762 e. The van der Waals surface area contributed by atoms with Crippen LogP contribution >= 0.6 is 0 Å². The predicted molar refractivity (Wildman–Crippen MR) is 84.8 cm³/mol. The highest BCUT2D eigenvalue weighted by molar-refractivity contribution is 5.03.